The molecule has 1 atom stereocenters. The molecule has 1 fully saturated rings. The molecule has 3 heterocycles. The van der Waals surface area contributed by atoms with Crippen molar-refractivity contribution in [1.82, 2.24) is 19.9 Å². The second kappa shape index (κ2) is 6.26. The smallest absolute Gasteiger partial charge is 0.265 e. The molecule has 5 nitrogen and oxygen atoms in total. The highest BCUT2D eigenvalue weighted by atomic mass is 32.1. The Morgan fingerprint density at radius 3 is 2.84 bits per heavy atom. The van der Waals surface area contributed by atoms with Gasteiger partial charge in [0.25, 0.3) is 5.91 Å². The number of fused-ring (bicyclic) bond motifs is 1. The lowest BCUT2D eigenvalue weighted by Crippen LogP contribution is -2.39. The number of nitrogens with one attached hydrogen (secondary N) is 1. The second-order valence-corrected chi connectivity index (χ2v) is 8.03. The van der Waals surface area contributed by atoms with Gasteiger partial charge in [-0.15, -0.1) is 11.3 Å². The van der Waals surface area contributed by atoms with Crippen LogP contribution in [0.1, 0.15) is 50.5 Å². The highest BCUT2D eigenvalue weighted by Crippen LogP contribution is 2.29. The van der Waals surface area contributed by atoms with Crippen LogP contribution in [0.4, 0.5) is 0 Å². The lowest BCUT2D eigenvalue weighted by molar-refractivity contribution is 0.0709. The third-order valence-electron chi connectivity index (χ3n) is 4.93. The summed E-state index contributed by atoms with van der Waals surface area (Å²) in [6.45, 7) is 7.47. The maximum Gasteiger partial charge on any atom is 0.265 e. The molecule has 0 radical (unpaired) electrons. The van der Waals surface area contributed by atoms with Gasteiger partial charge in [0, 0.05) is 19.0 Å². The zero-order valence-electron chi connectivity index (χ0n) is 14.8. The summed E-state index contributed by atoms with van der Waals surface area (Å²) in [6, 6.07) is 6.19. The van der Waals surface area contributed by atoms with E-state index in [1.807, 2.05) is 24.8 Å². The van der Waals surface area contributed by atoms with Gasteiger partial charge >= 0.3 is 0 Å². The third kappa shape index (κ3) is 2.95. The van der Waals surface area contributed by atoms with E-state index in [9.17, 15) is 4.79 Å². The van der Waals surface area contributed by atoms with Crippen molar-refractivity contribution in [2.75, 3.05) is 13.1 Å². The van der Waals surface area contributed by atoms with Gasteiger partial charge in [-0.3, -0.25) is 4.79 Å². The number of aryl methyl sites for hydroxylation is 3. The van der Waals surface area contributed by atoms with E-state index < -0.39 is 0 Å². The Labute approximate surface area is 151 Å². The minimum atomic E-state index is 0.111. The Kier molecular flexibility index (Phi) is 4.07. The fraction of sp³-hybridized carbons (Fsp3) is 0.421. The van der Waals surface area contributed by atoms with Crippen molar-refractivity contribution in [3.8, 4) is 0 Å². The number of rotatable bonds is 2. The fourth-order valence-electron chi connectivity index (χ4n) is 3.65. The van der Waals surface area contributed by atoms with E-state index in [2.05, 4.69) is 29.0 Å². The number of benzene rings is 1. The van der Waals surface area contributed by atoms with Crippen LogP contribution in [0.15, 0.2) is 18.2 Å². The molecular formula is C19H22N4OS. The lowest BCUT2D eigenvalue weighted by Gasteiger charge is -2.31. The number of piperidine rings is 1. The molecule has 1 aromatic carbocycles. The first-order chi connectivity index (χ1) is 12.0. The Balaban J connectivity index is 1.59. The van der Waals surface area contributed by atoms with Crippen LogP contribution in [0.25, 0.3) is 11.0 Å². The Morgan fingerprint density at radius 1 is 1.28 bits per heavy atom. The second-order valence-electron chi connectivity index (χ2n) is 6.83. The number of carbonyl (C=O) groups excluding carboxylic acids is 1. The Hall–Kier alpha value is -2.21. The maximum atomic E-state index is 12.9. The van der Waals surface area contributed by atoms with Crippen molar-refractivity contribution in [3.05, 3.63) is 45.2 Å². The molecule has 6 heteroatoms. The van der Waals surface area contributed by atoms with E-state index in [-0.39, 0.29) is 11.8 Å². The van der Waals surface area contributed by atoms with Crippen molar-refractivity contribution in [1.29, 1.82) is 0 Å². The fourth-order valence-corrected chi connectivity index (χ4v) is 4.53. The molecule has 2 aromatic heterocycles. The highest BCUT2D eigenvalue weighted by molar-refractivity contribution is 7.13. The number of thiazole rings is 1. The molecule has 1 N–H and O–H groups in total. The van der Waals surface area contributed by atoms with Gasteiger partial charge in [-0.2, -0.15) is 0 Å². The van der Waals surface area contributed by atoms with Crippen LogP contribution in [0.2, 0.25) is 0 Å². The summed E-state index contributed by atoms with van der Waals surface area (Å²) >= 11 is 1.49. The number of nitrogens with zero attached hydrogens (tertiary/aromatic N) is 3. The predicted molar refractivity (Wildman–Crippen MR) is 100 cm³/mol. The monoisotopic (exact) mass is 354 g/mol. The molecule has 3 aromatic rings. The van der Waals surface area contributed by atoms with Crippen LogP contribution >= 0.6 is 11.3 Å². The van der Waals surface area contributed by atoms with Gasteiger partial charge in [-0.1, -0.05) is 12.1 Å². The summed E-state index contributed by atoms with van der Waals surface area (Å²) in [7, 11) is 0. The van der Waals surface area contributed by atoms with Crippen molar-refractivity contribution >= 4 is 28.3 Å². The zero-order chi connectivity index (χ0) is 17.6. The number of likely N-dealkylation sites (tertiary alicyclic amines) is 1. The van der Waals surface area contributed by atoms with E-state index in [4.69, 9.17) is 4.98 Å². The first kappa shape index (κ1) is 16.3. The number of aromatic nitrogens is 3. The molecule has 1 aliphatic rings. The summed E-state index contributed by atoms with van der Waals surface area (Å²) in [5.74, 6) is 1.37. The molecule has 25 heavy (non-hydrogen) atoms. The van der Waals surface area contributed by atoms with Gasteiger partial charge in [0.05, 0.1) is 21.7 Å². The average molecular weight is 354 g/mol. The van der Waals surface area contributed by atoms with Crippen LogP contribution in [0.5, 0.6) is 0 Å². The molecule has 0 spiro atoms. The number of amides is 1. The van der Waals surface area contributed by atoms with Crippen LogP contribution < -0.4 is 0 Å². The SMILES string of the molecule is Cc1nc(C)c(C(=O)N2CCC[C@@H](c3nc4c(C)cccc4[nH]3)C2)s1. The number of hydrogen-bond donors (Lipinski definition) is 1. The molecule has 130 valence electrons. The molecule has 0 saturated carbocycles. The standard InChI is InChI=1S/C19H22N4OS/c1-11-6-4-8-15-16(11)22-18(21-15)14-7-5-9-23(10-14)19(24)17-12(2)20-13(3)25-17/h4,6,8,14H,5,7,9-10H2,1-3H3,(H,21,22)/t14-/m1/s1. The van der Waals surface area contributed by atoms with Crippen LogP contribution in [-0.4, -0.2) is 38.8 Å². The molecule has 1 aliphatic heterocycles. The summed E-state index contributed by atoms with van der Waals surface area (Å²) in [5, 5.41) is 0.946. The number of aromatic amines is 1. The Bertz CT molecular complexity index is 942. The summed E-state index contributed by atoms with van der Waals surface area (Å²) in [4.78, 5) is 28.3. The maximum absolute atomic E-state index is 12.9. The quantitative estimate of drug-likeness (QED) is 0.757. The van der Waals surface area contributed by atoms with E-state index >= 15 is 0 Å². The van der Waals surface area contributed by atoms with Crippen molar-refractivity contribution in [3.63, 3.8) is 0 Å². The first-order valence-corrected chi connectivity index (χ1v) is 9.53. The van der Waals surface area contributed by atoms with Gasteiger partial charge in [-0.25, -0.2) is 9.97 Å². The minimum Gasteiger partial charge on any atom is -0.342 e. The number of hydrogen-bond acceptors (Lipinski definition) is 4. The van der Waals surface area contributed by atoms with Gasteiger partial charge in [0.1, 0.15) is 10.7 Å². The molecule has 1 saturated heterocycles. The first-order valence-electron chi connectivity index (χ1n) is 8.71. The topological polar surface area (TPSA) is 61.9 Å². The van der Waals surface area contributed by atoms with Crippen molar-refractivity contribution < 1.29 is 4.79 Å². The number of H-pyrrole nitrogens is 1. The van der Waals surface area contributed by atoms with Crippen LogP contribution in [-0.2, 0) is 0 Å². The number of carbonyl (C=O) groups is 1. The molecule has 4 rings (SSSR count). The number of imidazole rings is 1. The third-order valence-corrected chi connectivity index (χ3v) is 5.99. The highest BCUT2D eigenvalue weighted by Gasteiger charge is 2.29. The lowest BCUT2D eigenvalue weighted by atomic mass is 9.97. The summed E-state index contributed by atoms with van der Waals surface area (Å²) in [6.07, 6.45) is 2.06. The minimum absolute atomic E-state index is 0.111. The predicted octanol–water partition coefficient (Wildman–Crippen LogP) is 3.96. The molecular weight excluding hydrogens is 332 g/mol. The van der Waals surface area contributed by atoms with E-state index in [0.717, 1.165) is 51.8 Å². The van der Waals surface area contributed by atoms with E-state index in [0.29, 0.717) is 6.54 Å². The largest absolute Gasteiger partial charge is 0.342 e. The van der Waals surface area contributed by atoms with Crippen LogP contribution in [0.3, 0.4) is 0 Å². The number of para-hydroxylation sites is 1. The van der Waals surface area contributed by atoms with Crippen LogP contribution in [0, 0.1) is 20.8 Å². The van der Waals surface area contributed by atoms with E-state index in [1.54, 1.807) is 0 Å². The summed E-state index contributed by atoms with van der Waals surface area (Å²) < 4.78 is 0. The molecule has 0 bridgehead atoms. The normalized spacial score (nSPS) is 18.0. The summed E-state index contributed by atoms with van der Waals surface area (Å²) in [5.41, 5.74) is 4.13. The van der Waals surface area contributed by atoms with Gasteiger partial charge in [0.2, 0.25) is 0 Å². The Morgan fingerprint density at radius 2 is 2.12 bits per heavy atom. The van der Waals surface area contributed by atoms with Crippen molar-refractivity contribution in [2.24, 2.45) is 0 Å². The van der Waals surface area contributed by atoms with Crippen molar-refractivity contribution in [2.45, 2.75) is 39.5 Å². The van der Waals surface area contributed by atoms with E-state index in [1.165, 1.54) is 16.9 Å². The molecule has 1 amide bonds. The average Bonchev–Trinajstić information content (AvgIpc) is 3.18. The zero-order valence-corrected chi connectivity index (χ0v) is 15.6. The van der Waals surface area contributed by atoms with Gasteiger partial charge in [0.15, 0.2) is 0 Å². The molecule has 0 unspecified atom stereocenters. The van der Waals surface area contributed by atoms with Gasteiger partial charge < -0.3 is 9.88 Å². The molecule has 0 aliphatic carbocycles. The van der Waals surface area contributed by atoms with Gasteiger partial charge in [-0.05, 0) is 45.2 Å².